The summed E-state index contributed by atoms with van der Waals surface area (Å²) in [6.45, 7) is 9.32. The Hall–Kier alpha value is -2.89. The van der Waals surface area contributed by atoms with Gasteiger partial charge >= 0.3 is 5.97 Å². The number of hydrogen-bond donors (Lipinski definition) is 2. The van der Waals surface area contributed by atoms with Crippen LogP contribution in [-0.2, 0) is 9.53 Å². The van der Waals surface area contributed by atoms with Crippen LogP contribution >= 0.6 is 0 Å². The van der Waals surface area contributed by atoms with Crippen molar-refractivity contribution in [2.45, 2.75) is 47.1 Å². The third kappa shape index (κ3) is 4.45. The van der Waals surface area contributed by atoms with Gasteiger partial charge in [0.25, 0.3) is 11.7 Å². The van der Waals surface area contributed by atoms with E-state index in [1.807, 2.05) is 45.0 Å². The SMILES string of the molecule is CCOC(=O)c1c(C)[nH]c(C(=O)C(=O)N[C@H](C)CC)c1-c1ccc(C)cc1. The highest BCUT2D eigenvalue weighted by Gasteiger charge is 2.30. The fourth-order valence-corrected chi connectivity index (χ4v) is 2.77. The number of benzene rings is 1. The first-order chi connectivity index (χ1) is 12.8. The van der Waals surface area contributed by atoms with Gasteiger partial charge in [0.15, 0.2) is 0 Å². The van der Waals surface area contributed by atoms with E-state index in [4.69, 9.17) is 4.74 Å². The standard InChI is InChI=1S/C21H26N2O4/c1-6-13(4)22-20(25)19(24)18-17(15-10-8-12(3)9-11-15)16(14(5)23-18)21(26)27-7-2/h8-11,13,23H,6-7H2,1-5H3,(H,22,25)/t13-/m1/s1. The molecule has 1 aromatic heterocycles. The number of aromatic nitrogens is 1. The van der Waals surface area contributed by atoms with E-state index >= 15 is 0 Å². The number of aromatic amines is 1. The lowest BCUT2D eigenvalue weighted by molar-refractivity contribution is -0.117. The third-order valence-corrected chi connectivity index (χ3v) is 4.43. The smallest absolute Gasteiger partial charge is 0.340 e. The number of carbonyl (C=O) groups is 3. The molecule has 0 aliphatic carbocycles. The largest absolute Gasteiger partial charge is 0.462 e. The number of Topliss-reactive ketones (excluding diaryl/α,β-unsaturated/α-hetero) is 1. The van der Waals surface area contributed by atoms with Crippen LogP contribution in [0, 0.1) is 13.8 Å². The average Bonchev–Trinajstić information content (AvgIpc) is 2.98. The molecule has 0 saturated heterocycles. The van der Waals surface area contributed by atoms with Gasteiger partial charge in [0.05, 0.1) is 12.2 Å². The van der Waals surface area contributed by atoms with Crippen LogP contribution in [0.5, 0.6) is 0 Å². The highest BCUT2D eigenvalue weighted by molar-refractivity contribution is 6.44. The van der Waals surface area contributed by atoms with Crippen LogP contribution < -0.4 is 5.32 Å². The molecule has 2 aromatic rings. The van der Waals surface area contributed by atoms with Gasteiger partial charge in [-0.3, -0.25) is 9.59 Å². The number of esters is 1. The number of aryl methyl sites for hydroxylation is 2. The molecule has 0 aliphatic rings. The van der Waals surface area contributed by atoms with Gasteiger partial charge in [-0.25, -0.2) is 4.79 Å². The molecule has 1 heterocycles. The molecule has 2 rings (SSSR count). The van der Waals surface area contributed by atoms with Crippen molar-refractivity contribution in [1.29, 1.82) is 0 Å². The van der Waals surface area contributed by atoms with E-state index in [9.17, 15) is 14.4 Å². The molecule has 2 N–H and O–H groups in total. The average molecular weight is 370 g/mol. The van der Waals surface area contributed by atoms with E-state index in [-0.39, 0.29) is 23.9 Å². The van der Waals surface area contributed by atoms with Gasteiger partial charge in [0, 0.05) is 17.3 Å². The maximum absolute atomic E-state index is 12.8. The van der Waals surface area contributed by atoms with Gasteiger partial charge in [-0.2, -0.15) is 0 Å². The fourth-order valence-electron chi connectivity index (χ4n) is 2.77. The van der Waals surface area contributed by atoms with Crippen LogP contribution in [0.4, 0.5) is 0 Å². The lowest BCUT2D eigenvalue weighted by atomic mass is 9.97. The molecule has 0 spiro atoms. The second-order valence-electron chi connectivity index (χ2n) is 6.57. The number of rotatable bonds is 7. The Bertz CT molecular complexity index is 850. The summed E-state index contributed by atoms with van der Waals surface area (Å²) >= 11 is 0. The van der Waals surface area contributed by atoms with Crippen molar-refractivity contribution >= 4 is 17.7 Å². The van der Waals surface area contributed by atoms with E-state index < -0.39 is 17.7 Å². The number of hydrogen-bond acceptors (Lipinski definition) is 4. The van der Waals surface area contributed by atoms with Crippen molar-refractivity contribution in [2.75, 3.05) is 6.61 Å². The molecule has 0 fully saturated rings. The zero-order chi connectivity index (χ0) is 20.1. The minimum absolute atomic E-state index is 0.0974. The molecule has 144 valence electrons. The molecule has 0 saturated carbocycles. The normalized spacial score (nSPS) is 11.7. The lowest BCUT2D eigenvalue weighted by Crippen LogP contribution is -2.37. The molecule has 0 unspecified atom stereocenters. The Labute approximate surface area is 159 Å². The van der Waals surface area contributed by atoms with Crippen LogP contribution in [-0.4, -0.2) is 35.3 Å². The molecule has 0 aliphatic heterocycles. The summed E-state index contributed by atoms with van der Waals surface area (Å²) in [6.07, 6.45) is 0.710. The fraction of sp³-hybridized carbons (Fsp3) is 0.381. The number of ketones is 1. The second kappa shape index (κ2) is 8.66. The van der Waals surface area contributed by atoms with Gasteiger partial charge in [0.1, 0.15) is 5.69 Å². The number of ether oxygens (including phenoxy) is 1. The van der Waals surface area contributed by atoms with E-state index in [2.05, 4.69) is 10.3 Å². The highest BCUT2D eigenvalue weighted by Crippen LogP contribution is 2.31. The third-order valence-electron chi connectivity index (χ3n) is 4.43. The topological polar surface area (TPSA) is 88.3 Å². The molecule has 6 nitrogen and oxygen atoms in total. The van der Waals surface area contributed by atoms with Crippen molar-refractivity contribution in [3.8, 4) is 11.1 Å². The van der Waals surface area contributed by atoms with Crippen molar-refractivity contribution in [2.24, 2.45) is 0 Å². The summed E-state index contributed by atoms with van der Waals surface area (Å²) in [4.78, 5) is 40.6. The van der Waals surface area contributed by atoms with E-state index in [0.717, 1.165) is 5.56 Å². The maximum atomic E-state index is 12.8. The summed E-state index contributed by atoms with van der Waals surface area (Å²) in [7, 11) is 0. The molecule has 1 aromatic carbocycles. The summed E-state index contributed by atoms with van der Waals surface area (Å²) in [5, 5.41) is 2.67. The monoisotopic (exact) mass is 370 g/mol. The Morgan fingerprint density at radius 2 is 1.74 bits per heavy atom. The number of amides is 1. The minimum Gasteiger partial charge on any atom is -0.462 e. The molecule has 27 heavy (non-hydrogen) atoms. The van der Waals surface area contributed by atoms with Crippen LogP contribution in [0.15, 0.2) is 24.3 Å². The van der Waals surface area contributed by atoms with Crippen molar-refractivity contribution in [3.05, 3.63) is 46.8 Å². The molecular weight excluding hydrogens is 344 g/mol. The number of nitrogens with one attached hydrogen (secondary N) is 2. The van der Waals surface area contributed by atoms with Crippen LogP contribution in [0.3, 0.4) is 0 Å². The first kappa shape index (κ1) is 20.4. The summed E-state index contributed by atoms with van der Waals surface area (Å²) in [5.74, 6) is -1.93. The molecule has 0 radical (unpaired) electrons. The zero-order valence-corrected chi connectivity index (χ0v) is 16.4. The van der Waals surface area contributed by atoms with Crippen molar-refractivity contribution < 1.29 is 19.1 Å². The Kier molecular flexibility index (Phi) is 6.55. The summed E-state index contributed by atoms with van der Waals surface area (Å²) in [6, 6.07) is 7.30. The Morgan fingerprint density at radius 3 is 2.30 bits per heavy atom. The first-order valence-corrected chi connectivity index (χ1v) is 9.12. The van der Waals surface area contributed by atoms with E-state index in [0.29, 0.717) is 23.2 Å². The number of H-pyrrole nitrogens is 1. The van der Waals surface area contributed by atoms with Gasteiger partial charge in [-0.05, 0) is 39.7 Å². The van der Waals surface area contributed by atoms with Gasteiger partial charge in [0.2, 0.25) is 0 Å². The van der Waals surface area contributed by atoms with Crippen molar-refractivity contribution in [3.63, 3.8) is 0 Å². The maximum Gasteiger partial charge on any atom is 0.340 e. The van der Waals surface area contributed by atoms with Crippen LogP contribution in [0.25, 0.3) is 11.1 Å². The molecular formula is C21H26N2O4. The molecule has 0 bridgehead atoms. The van der Waals surface area contributed by atoms with Gasteiger partial charge in [-0.1, -0.05) is 36.8 Å². The van der Waals surface area contributed by atoms with Crippen LogP contribution in [0.1, 0.15) is 59.3 Å². The zero-order valence-electron chi connectivity index (χ0n) is 16.4. The van der Waals surface area contributed by atoms with Crippen LogP contribution in [0.2, 0.25) is 0 Å². The van der Waals surface area contributed by atoms with E-state index in [1.165, 1.54) is 0 Å². The Balaban J connectivity index is 2.59. The quantitative estimate of drug-likeness (QED) is 0.443. The second-order valence-corrected chi connectivity index (χ2v) is 6.57. The molecule has 1 atom stereocenters. The first-order valence-electron chi connectivity index (χ1n) is 9.12. The predicted octanol–water partition coefficient (Wildman–Crippen LogP) is 3.57. The predicted molar refractivity (Wildman–Crippen MR) is 104 cm³/mol. The lowest BCUT2D eigenvalue weighted by Gasteiger charge is -2.11. The summed E-state index contributed by atoms with van der Waals surface area (Å²) in [5.41, 5.74) is 2.98. The Morgan fingerprint density at radius 1 is 1.11 bits per heavy atom. The molecule has 6 heteroatoms. The molecule has 1 amide bonds. The highest BCUT2D eigenvalue weighted by atomic mass is 16.5. The van der Waals surface area contributed by atoms with Gasteiger partial charge < -0.3 is 15.0 Å². The minimum atomic E-state index is -0.704. The van der Waals surface area contributed by atoms with Crippen molar-refractivity contribution in [1.82, 2.24) is 10.3 Å². The van der Waals surface area contributed by atoms with E-state index in [1.54, 1.807) is 13.8 Å². The van der Waals surface area contributed by atoms with Gasteiger partial charge in [-0.15, -0.1) is 0 Å². The number of carbonyl (C=O) groups excluding carboxylic acids is 3. The summed E-state index contributed by atoms with van der Waals surface area (Å²) < 4.78 is 5.16.